The van der Waals surface area contributed by atoms with E-state index in [1.807, 2.05) is 0 Å². The number of hydrogen-bond donors (Lipinski definition) is 3. The lowest BCUT2D eigenvalue weighted by Gasteiger charge is -2.14. The molecule has 1 heterocycles. The summed E-state index contributed by atoms with van der Waals surface area (Å²) in [6.07, 6.45) is -10.6. The summed E-state index contributed by atoms with van der Waals surface area (Å²) < 4.78 is 76.6. The van der Waals surface area contributed by atoms with Gasteiger partial charge < -0.3 is 15.5 Å². The molecule has 0 aliphatic carbocycles. The van der Waals surface area contributed by atoms with E-state index in [9.17, 15) is 36.2 Å². The number of rotatable bonds is 4. The molecule has 2 aromatic rings. The zero-order valence-electron chi connectivity index (χ0n) is 11.9. The number of nitrogens with zero attached hydrogens (tertiary/aromatic N) is 1. The molecule has 2 rings (SSSR count). The van der Waals surface area contributed by atoms with Crippen LogP contribution in [-0.4, -0.2) is 21.2 Å². The van der Waals surface area contributed by atoms with Gasteiger partial charge >= 0.3 is 18.3 Å². The standard InChI is InChI=1S/C13H8F6N2O3S/c14-12(15,16)5-1-6(13(17,18)19)3-7(2-5)20-11-21-10(24)8(25-11)4-9(22)23/h1-3,24H,4H2,(H,20,21)(H,22,23). The van der Waals surface area contributed by atoms with Crippen molar-refractivity contribution in [1.29, 1.82) is 0 Å². The smallest absolute Gasteiger partial charge is 0.416 e. The van der Waals surface area contributed by atoms with Crippen molar-refractivity contribution >= 4 is 28.1 Å². The Bertz CT molecular complexity index is 768. The van der Waals surface area contributed by atoms with Gasteiger partial charge in [0, 0.05) is 5.69 Å². The van der Waals surface area contributed by atoms with Gasteiger partial charge in [0.05, 0.1) is 22.4 Å². The van der Waals surface area contributed by atoms with Crippen LogP contribution in [0.4, 0.5) is 37.2 Å². The minimum absolute atomic E-state index is 0.0274. The van der Waals surface area contributed by atoms with Crippen molar-refractivity contribution in [3.8, 4) is 5.88 Å². The summed E-state index contributed by atoms with van der Waals surface area (Å²) in [5.74, 6) is -1.96. The van der Waals surface area contributed by atoms with Gasteiger partial charge in [0.1, 0.15) is 0 Å². The molecule has 1 aromatic carbocycles. The highest BCUT2D eigenvalue weighted by Crippen LogP contribution is 2.39. The monoisotopic (exact) mass is 386 g/mol. The van der Waals surface area contributed by atoms with Crippen molar-refractivity contribution < 1.29 is 41.4 Å². The van der Waals surface area contributed by atoms with Crippen molar-refractivity contribution in [2.45, 2.75) is 18.8 Å². The molecule has 0 aliphatic heterocycles. The molecule has 0 spiro atoms. The Balaban J connectivity index is 2.40. The average Bonchev–Trinajstić information content (AvgIpc) is 2.75. The molecule has 0 radical (unpaired) electrons. The lowest BCUT2D eigenvalue weighted by atomic mass is 10.1. The quantitative estimate of drug-likeness (QED) is 0.684. The maximum atomic E-state index is 12.8. The Kier molecular flexibility index (Phi) is 4.84. The number of thiazole rings is 1. The lowest BCUT2D eigenvalue weighted by molar-refractivity contribution is -0.143. The van der Waals surface area contributed by atoms with Crippen molar-refractivity contribution in [3.63, 3.8) is 0 Å². The van der Waals surface area contributed by atoms with Crippen LogP contribution in [-0.2, 0) is 23.6 Å². The number of halogens is 6. The number of carboxylic acids is 1. The Hall–Kier alpha value is -2.50. The highest BCUT2D eigenvalue weighted by molar-refractivity contribution is 7.16. The van der Waals surface area contributed by atoms with E-state index in [0.29, 0.717) is 23.5 Å². The first-order valence-electron chi connectivity index (χ1n) is 6.33. The fraction of sp³-hybridized carbons (Fsp3) is 0.231. The summed E-state index contributed by atoms with van der Waals surface area (Å²) in [5.41, 5.74) is -3.59. The Morgan fingerprint density at radius 1 is 1.08 bits per heavy atom. The van der Waals surface area contributed by atoms with Gasteiger partial charge in [0.25, 0.3) is 0 Å². The molecule has 25 heavy (non-hydrogen) atoms. The number of alkyl halides is 6. The number of aromatic hydroxyl groups is 1. The van der Waals surface area contributed by atoms with E-state index >= 15 is 0 Å². The van der Waals surface area contributed by atoms with Crippen molar-refractivity contribution in [1.82, 2.24) is 4.98 Å². The number of carbonyl (C=O) groups is 1. The zero-order valence-corrected chi connectivity index (χ0v) is 12.7. The van der Waals surface area contributed by atoms with Gasteiger partial charge in [-0.05, 0) is 18.2 Å². The highest BCUT2D eigenvalue weighted by atomic mass is 32.1. The summed E-state index contributed by atoms with van der Waals surface area (Å²) in [5, 5.41) is 20.1. The van der Waals surface area contributed by atoms with Crippen molar-refractivity contribution in [3.05, 3.63) is 34.2 Å². The van der Waals surface area contributed by atoms with E-state index in [2.05, 4.69) is 10.3 Å². The van der Waals surface area contributed by atoms with Crippen LogP contribution in [0.25, 0.3) is 0 Å². The van der Waals surface area contributed by atoms with Crippen LogP contribution in [0.5, 0.6) is 5.88 Å². The maximum absolute atomic E-state index is 12.8. The van der Waals surface area contributed by atoms with Crippen LogP contribution in [0.2, 0.25) is 0 Å². The molecule has 0 atom stereocenters. The van der Waals surface area contributed by atoms with E-state index in [4.69, 9.17) is 5.11 Å². The molecule has 136 valence electrons. The maximum Gasteiger partial charge on any atom is 0.416 e. The molecule has 0 amide bonds. The third kappa shape index (κ3) is 4.75. The Morgan fingerprint density at radius 2 is 1.60 bits per heavy atom. The van der Waals surface area contributed by atoms with Gasteiger partial charge in [0.2, 0.25) is 5.88 Å². The topological polar surface area (TPSA) is 82.5 Å². The summed E-state index contributed by atoms with van der Waals surface area (Å²) >= 11 is 0.594. The van der Waals surface area contributed by atoms with Crippen molar-refractivity contribution in [2.75, 3.05) is 5.32 Å². The van der Waals surface area contributed by atoms with E-state index in [1.165, 1.54) is 0 Å². The molecule has 5 nitrogen and oxygen atoms in total. The second-order valence-corrected chi connectivity index (χ2v) is 5.84. The van der Waals surface area contributed by atoms with Gasteiger partial charge in [0.15, 0.2) is 5.13 Å². The number of anilines is 2. The SMILES string of the molecule is O=C(O)Cc1sc(Nc2cc(C(F)(F)F)cc(C(F)(F)F)c2)nc1O. The zero-order chi connectivity index (χ0) is 19.0. The third-order valence-corrected chi connectivity index (χ3v) is 3.79. The summed E-state index contributed by atoms with van der Waals surface area (Å²) in [6, 6.07) is 0.871. The molecule has 0 saturated carbocycles. The van der Waals surface area contributed by atoms with Crippen LogP contribution in [0.3, 0.4) is 0 Å². The largest absolute Gasteiger partial charge is 0.492 e. The Morgan fingerprint density at radius 3 is 2.04 bits per heavy atom. The van der Waals surface area contributed by atoms with Crippen LogP contribution in [0, 0.1) is 0 Å². The molecule has 3 N–H and O–H groups in total. The third-order valence-electron chi connectivity index (χ3n) is 2.83. The molecule has 0 saturated heterocycles. The first-order valence-corrected chi connectivity index (χ1v) is 7.15. The van der Waals surface area contributed by atoms with Crippen LogP contribution < -0.4 is 5.32 Å². The van der Waals surface area contributed by atoms with Crippen molar-refractivity contribution in [2.24, 2.45) is 0 Å². The second kappa shape index (κ2) is 6.43. The first kappa shape index (κ1) is 18.8. The molecule has 0 aliphatic rings. The summed E-state index contributed by atoms with van der Waals surface area (Å²) in [4.78, 5) is 14.0. The normalized spacial score (nSPS) is 12.2. The van der Waals surface area contributed by atoms with Gasteiger partial charge in [-0.25, -0.2) is 0 Å². The molecule has 0 unspecified atom stereocenters. The van der Waals surface area contributed by atoms with Crippen LogP contribution in [0.1, 0.15) is 16.0 Å². The number of hydrogen-bond acceptors (Lipinski definition) is 5. The van der Waals surface area contributed by atoms with Gasteiger partial charge in [-0.3, -0.25) is 4.79 Å². The van der Waals surface area contributed by atoms with Gasteiger partial charge in [-0.15, -0.1) is 0 Å². The fourth-order valence-electron chi connectivity index (χ4n) is 1.80. The number of nitrogens with one attached hydrogen (secondary N) is 1. The van der Waals surface area contributed by atoms with E-state index in [0.717, 1.165) is 0 Å². The molecule has 0 bridgehead atoms. The van der Waals surface area contributed by atoms with Crippen LogP contribution >= 0.6 is 11.3 Å². The predicted octanol–water partition coefficient (Wildman–Crippen LogP) is 4.26. The average molecular weight is 386 g/mol. The van der Waals surface area contributed by atoms with E-state index in [1.54, 1.807) is 0 Å². The first-order chi connectivity index (χ1) is 11.4. The van der Waals surface area contributed by atoms with Crippen LogP contribution in [0.15, 0.2) is 18.2 Å². The minimum atomic E-state index is -5.00. The van der Waals surface area contributed by atoms with Gasteiger partial charge in [-0.2, -0.15) is 31.3 Å². The second-order valence-electron chi connectivity index (χ2n) is 4.76. The number of carboxylic acid groups (broad SMARTS) is 1. The Labute approximate surface area is 139 Å². The van der Waals surface area contributed by atoms with E-state index < -0.39 is 47.4 Å². The minimum Gasteiger partial charge on any atom is -0.492 e. The number of aromatic nitrogens is 1. The summed E-state index contributed by atoms with van der Waals surface area (Å²) in [7, 11) is 0. The van der Waals surface area contributed by atoms with Gasteiger partial charge in [-0.1, -0.05) is 11.3 Å². The molecular weight excluding hydrogens is 378 g/mol. The lowest BCUT2D eigenvalue weighted by Crippen LogP contribution is -2.11. The molecule has 0 fully saturated rings. The summed E-state index contributed by atoms with van der Waals surface area (Å²) in [6.45, 7) is 0. The van der Waals surface area contributed by atoms with E-state index in [-0.39, 0.29) is 16.1 Å². The fourth-order valence-corrected chi connectivity index (χ4v) is 2.67. The predicted molar refractivity (Wildman–Crippen MR) is 74.8 cm³/mol. The molecule has 1 aromatic heterocycles. The highest BCUT2D eigenvalue weighted by Gasteiger charge is 2.37. The number of benzene rings is 1. The molecular formula is C13H8F6N2O3S. The number of aliphatic carboxylic acids is 1. The molecule has 12 heteroatoms.